The zero-order chi connectivity index (χ0) is 13.1. The third-order valence-electron chi connectivity index (χ3n) is 4.66. The van der Waals surface area contributed by atoms with Crippen LogP contribution in [0.2, 0.25) is 0 Å². The molecule has 3 nitrogen and oxygen atoms in total. The second-order valence-electron chi connectivity index (χ2n) is 6.15. The molecular formula is C15H27NO2. The molecule has 0 aromatic carbocycles. The summed E-state index contributed by atoms with van der Waals surface area (Å²) >= 11 is 0. The lowest BCUT2D eigenvalue weighted by atomic mass is 9.83. The summed E-state index contributed by atoms with van der Waals surface area (Å²) in [6.45, 7) is 9.22. The fourth-order valence-electron chi connectivity index (χ4n) is 3.65. The van der Waals surface area contributed by atoms with Crippen LogP contribution in [0.3, 0.4) is 0 Å². The van der Waals surface area contributed by atoms with Gasteiger partial charge in [-0.15, -0.1) is 0 Å². The van der Waals surface area contributed by atoms with Crippen LogP contribution >= 0.6 is 0 Å². The maximum Gasteiger partial charge on any atom is 0.226 e. The van der Waals surface area contributed by atoms with Crippen LogP contribution in [0.4, 0.5) is 0 Å². The van der Waals surface area contributed by atoms with Crippen molar-refractivity contribution in [3.8, 4) is 0 Å². The Labute approximate surface area is 111 Å². The van der Waals surface area contributed by atoms with Crippen LogP contribution in [0, 0.1) is 17.8 Å². The van der Waals surface area contributed by atoms with E-state index in [-0.39, 0.29) is 5.92 Å². The molecule has 0 N–H and O–H groups in total. The van der Waals surface area contributed by atoms with Crippen LogP contribution in [0.5, 0.6) is 0 Å². The van der Waals surface area contributed by atoms with Crippen molar-refractivity contribution in [2.75, 3.05) is 19.8 Å². The molecule has 0 radical (unpaired) electrons. The number of nitrogens with zero attached hydrogens (tertiary/aromatic N) is 1. The fourth-order valence-corrected chi connectivity index (χ4v) is 3.65. The average molecular weight is 253 g/mol. The minimum absolute atomic E-state index is 0.224. The van der Waals surface area contributed by atoms with Gasteiger partial charge in [-0.25, -0.2) is 0 Å². The third kappa shape index (κ3) is 2.87. The molecule has 18 heavy (non-hydrogen) atoms. The van der Waals surface area contributed by atoms with Gasteiger partial charge in [-0.1, -0.05) is 13.8 Å². The molecule has 1 amide bonds. The van der Waals surface area contributed by atoms with Gasteiger partial charge in [0.1, 0.15) is 0 Å². The van der Waals surface area contributed by atoms with Crippen molar-refractivity contribution < 1.29 is 9.53 Å². The average Bonchev–Trinajstić information content (AvgIpc) is 2.70. The summed E-state index contributed by atoms with van der Waals surface area (Å²) in [6.07, 6.45) is 4.25. The lowest BCUT2D eigenvalue weighted by molar-refractivity contribution is -0.139. The SMILES string of the molecule is CCC(C(=O)N1CC(C)C[C@H]1C)C1CCOCC1. The first-order chi connectivity index (χ1) is 8.63. The predicted molar refractivity (Wildman–Crippen MR) is 72.3 cm³/mol. The molecule has 2 rings (SSSR count). The molecule has 0 aromatic heterocycles. The van der Waals surface area contributed by atoms with Crippen molar-refractivity contribution in [2.24, 2.45) is 17.8 Å². The van der Waals surface area contributed by atoms with Crippen molar-refractivity contribution in [1.29, 1.82) is 0 Å². The minimum atomic E-state index is 0.224. The van der Waals surface area contributed by atoms with Gasteiger partial charge in [0.05, 0.1) is 0 Å². The van der Waals surface area contributed by atoms with Crippen LogP contribution in [0.15, 0.2) is 0 Å². The number of rotatable bonds is 3. The number of ether oxygens (including phenoxy) is 1. The van der Waals surface area contributed by atoms with Gasteiger partial charge in [-0.05, 0) is 44.4 Å². The van der Waals surface area contributed by atoms with Gasteiger partial charge < -0.3 is 9.64 Å². The van der Waals surface area contributed by atoms with E-state index in [1.54, 1.807) is 0 Å². The van der Waals surface area contributed by atoms with Crippen molar-refractivity contribution >= 4 is 5.91 Å². The molecular weight excluding hydrogens is 226 g/mol. The Morgan fingerprint density at radius 3 is 2.50 bits per heavy atom. The van der Waals surface area contributed by atoms with Crippen molar-refractivity contribution in [1.82, 2.24) is 4.90 Å². The third-order valence-corrected chi connectivity index (χ3v) is 4.66. The van der Waals surface area contributed by atoms with Gasteiger partial charge in [0, 0.05) is 31.7 Å². The summed E-state index contributed by atoms with van der Waals surface area (Å²) in [4.78, 5) is 14.9. The molecule has 2 aliphatic rings. The molecule has 104 valence electrons. The summed E-state index contributed by atoms with van der Waals surface area (Å²) in [6, 6.07) is 0.432. The van der Waals surface area contributed by atoms with E-state index >= 15 is 0 Å². The molecule has 0 aromatic rings. The lowest BCUT2D eigenvalue weighted by Gasteiger charge is -2.33. The summed E-state index contributed by atoms with van der Waals surface area (Å²) in [5.41, 5.74) is 0. The summed E-state index contributed by atoms with van der Waals surface area (Å²) in [5, 5.41) is 0. The first-order valence-corrected chi connectivity index (χ1v) is 7.51. The molecule has 3 atom stereocenters. The van der Waals surface area contributed by atoms with E-state index < -0.39 is 0 Å². The summed E-state index contributed by atoms with van der Waals surface area (Å²) < 4.78 is 5.41. The first kappa shape index (κ1) is 13.9. The molecule has 0 saturated carbocycles. The first-order valence-electron chi connectivity index (χ1n) is 7.51. The van der Waals surface area contributed by atoms with Crippen LogP contribution < -0.4 is 0 Å². The van der Waals surface area contributed by atoms with Gasteiger partial charge >= 0.3 is 0 Å². The molecule has 0 bridgehead atoms. The maximum absolute atomic E-state index is 12.7. The van der Waals surface area contributed by atoms with Crippen LogP contribution in [-0.2, 0) is 9.53 Å². The molecule has 2 unspecified atom stereocenters. The zero-order valence-electron chi connectivity index (χ0n) is 12.0. The van der Waals surface area contributed by atoms with Gasteiger partial charge in [0.25, 0.3) is 0 Å². The monoisotopic (exact) mass is 253 g/mol. The highest BCUT2D eigenvalue weighted by molar-refractivity contribution is 5.79. The van der Waals surface area contributed by atoms with Gasteiger partial charge in [-0.2, -0.15) is 0 Å². The van der Waals surface area contributed by atoms with Crippen LogP contribution in [-0.4, -0.2) is 36.6 Å². The van der Waals surface area contributed by atoms with Crippen LogP contribution in [0.25, 0.3) is 0 Å². The highest BCUT2D eigenvalue weighted by Gasteiger charge is 2.36. The Morgan fingerprint density at radius 2 is 2.00 bits per heavy atom. The summed E-state index contributed by atoms with van der Waals surface area (Å²) in [5.74, 6) is 1.83. The molecule has 2 saturated heterocycles. The minimum Gasteiger partial charge on any atom is -0.381 e. The van der Waals surface area contributed by atoms with E-state index in [4.69, 9.17) is 4.74 Å². The van der Waals surface area contributed by atoms with Crippen LogP contribution in [0.1, 0.15) is 46.5 Å². The highest BCUT2D eigenvalue weighted by Crippen LogP contribution is 2.31. The van der Waals surface area contributed by atoms with E-state index in [0.29, 0.717) is 23.8 Å². The molecule has 0 aliphatic carbocycles. The van der Waals surface area contributed by atoms with Crippen molar-refractivity contribution in [2.45, 2.75) is 52.5 Å². The van der Waals surface area contributed by atoms with E-state index in [1.165, 1.54) is 0 Å². The number of amides is 1. The predicted octanol–water partition coefficient (Wildman–Crippen LogP) is 2.70. The van der Waals surface area contributed by atoms with Gasteiger partial charge in [0.2, 0.25) is 5.91 Å². The Morgan fingerprint density at radius 1 is 1.33 bits per heavy atom. The maximum atomic E-state index is 12.7. The fraction of sp³-hybridized carbons (Fsp3) is 0.933. The number of carbonyl (C=O) groups is 1. The molecule has 2 heterocycles. The smallest absolute Gasteiger partial charge is 0.226 e. The van der Waals surface area contributed by atoms with Gasteiger partial charge in [-0.3, -0.25) is 4.79 Å². The number of hydrogen-bond acceptors (Lipinski definition) is 2. The topological polar surface area (TPSA) is 29.5 Å². The highest BCUT2D eigenvalue weighted by atomic mass is 16.5. The zero-order valence-corrected chi connectivity index (χ0v) is 12.0. The Kier molecular flexibility index (Phi) is 4.66. The van der Waals surface area contributed by atoms with E-state index in [2.05, 4.69) is 25.7 Å². The largest absolute Gasteiger partial charge is 0.381 e. The standard InChI is InChI=1S/C15H27NO2/c1-4-14(13-5-7-18-8-6-13)15(17)16-10-11(2)9-12(16)3/h11-14H,4-10H2,1-3H3/t11?,12-,14?/m1/s1. The number of likely N-dealkylation sites (tertiary alicyclic amines) is 1. The number of hydrogen-bond donors (Lipinski definition) is 0. The van der Waals surface area contributed by atoms with Gasteiger partial charge in [0.15, 0.2) is 0 Å². The van der Waals surface area contributed by atoms with E-state index in [1.807, 2.05) is 0 Å². The Hall–Kier alpha value is -0.570. The Balaban J connectivity index is 2.00. The molecule has 0 spiro atoms. The lowest BCUT2D eigenvalue weighted by Crippen LogP contribution is -2.42. The van der Waals surface area contributed by atoms with Crippen molar-refractivity contribution in [3.63, 3.8) is 0 Å². The number of carbonyl (C=O) groups excluding carboxylic acids is 1. The molecule has 2 aliphatic heterocycles. The van der Waals surface area contributed by atoms with E-state index in [9.17, 15) is 4.79 Å². The van der Waals surface area contributed by atoms with E-state index in [0.717, 1.165) is 45.4 Å². The second kappa shape index (κ2) is 6.05. The summed E-state index contributed by atoms with van der Waals surface area (Å²) in [7, 11) is 0. The second-order valence-corrected chi connectivity index (χ2v) is 6.15. The van der Waals surface area contributed by atoms with Crippen molar-refractivity contribution in [3.05, 3.63) is 0 Å². The Bertz CT molecular complexity index is 286. The molecule has 2 fully saturated rings. The normalized spacial score (nSPS) is 31.6. The molecule has 3 heteroatoms. The quantitative estimate of drug-likeness (QED) is 0.774.